The van der Waals surface area contributed by atoms with Gasteiger partial charge in [0.05, 0.1) is 19.5 Å². The largest absolute Gasteiger partial charge is 0.461 e. The quantitative estimate of drug-likeness (QED) is 0.647. The van der Waals surface area contributed by atoms with Crippen molar-refractivity contribution in [2.45, 2.75) is 57.6 Å². The first-order chi connectivity index (χ1) is 12.7. The molecule has 4 heteroatoms. The topological polar surface area (TPSA) is 46.5 Å². The minimum Gasteiger partial charge on any atom is -0.461 e. The Kier molecular flexibility index (Phi) is 4.22. The van der Waals surface area contributed by atoms with Crippen molar-refractivity contribution >= 4 is 16.9 Å². The summed E-state index contributed by atoms with van der Waals surface area (Å²) in [4.78, 5) is 17.0. The van der Waals surface area contributed by atoms with Crippen molar-refractivity contribution < 1.29 is 14.4 Å². The van der Waals surface area contributed by atoms with Gasteiger partial charge < -0.3 is 14.6 Å². The number of carbonyl (C=O) groups is 1. The molecule has 1 aliphatic heterocycles. The Morgan fingerprint density at radius 3 is 2.81 bits per heavy atom. The summed E-state index contributed by atoms with van der Waals surface area (Å²) >= 11 is 0. The van der Waals surface area contributed by atoms with Gasteiger partial charge >= 0.3 is 5.97 Å². The fourth-order valence-electron chi connectivity index (χ4n) is 5.44. The van der Waals surface area contributed by atoms with E-state index in [1.54, 1.807) is 0 Å². The predicted octanol–water partition coefficient (Wildman–Crippen LogP) is 2.74. The molecule has 144 valence electrons. The third-order valence-electron chi connectivity index (χ3n) is 6.82. The van der Waals surface area contributed by atoms with Gasteiger partial charge in [-0.2, -0.15) is 0 Å². The predicted molar refractivity (Wildman–Crippen MR) is 108 cm³/mol. The van der Waals surface area contributed by atoms with E-state index in [4.69, 9.17) is 4.74 Å². The highest BCUT2D eigenvalue weighted by molar-refractivity contribution is 5.90. The highest BCUT2D eigenvalue weighted by Crippen LogP contribution is 2.45. The second kappa shape index (κ2) is 6.23. The number of esters is 1. The van der Waals surface area contributed by atoms with Crippen molar-refractivity contribution in [2.75, 3.05) is 13.6 Å². The van der Waals surface area contributed by atoms with Gasteiger partial charge in [0.2, 0.25) is 0 Å². The molecular formula is C23H31N2O2+. The molecule has 1 saturated heterocycles. The van der Waals surface area contributed by atoms with Gasteiger partial charge in [0.15, 0.2) is 0 Å². The van der Waals surface area contributed by atoms with Gasteiger partial charge in [0, 0.05) is 41.3 Å². The lowest BCUT2D eigenvalue weighted by Gasteiger charge is -2.46. The van der Waals surface area contributed by atoms with Crippen LogP contribution in [0.3, 0.4) is 0 Å². The monoisotopic (exact) mass is 367 g/mol. The standard InChI is InChI=1S/C23H30N2O2/c1-7-23(4,5)22-16-11-18-20(15-9-8-10-17(24-22)19(15)16)21(27-14(3)26)13(2)12-25(18)6/h7-10,13,18,20-21,24H,1,11-12H2,2-6H3/p+1/t13-,18+,20+,21-/m0/s1. The van der Waals surface area contributed by atoms with Gasteiger partial charge in [-0.05, 0) is 17.2 Å². The first kappa shape index (κ1) is 18.3. The molecule has 2 heterocycles. The Balaban J connectivity index is 1.94. The summed E-state index contributed by atoms with van der Waals surface area (Å²) < 4.78 is 5.88. The molecule has 0 bridgehead atoms. The molecule has 0 saturated carbocycles. The number of quaternary nitrogens is 1. The average molecular weight is 368 g/mol. The number of aromatic amines is 1. The molecule has 1 aliphatic carbocycles. The molecular weight excluding hydrogens is 336 g/mol. The smallest absolute Gasteiger partial charge is 0.302 e. The van der Waals surface area contributed by atoms with Crippen molar-refractivity contribution in [3.8, 4) is 0 Å². The van der Waals surface area contributed by atoms with E-state index in [1.165, 1.54) is 39.5 Å². The number of likely N-dealkylation sites (N-methyl/N-ethyl adjacent to an activating group) is 1. The number of fused-ring (bicyclic) bond motifs is 2. The summed E-state index contributed by atoms with van der Waals surface area (Å²) in [6.07, 6.45) is 2.98. The van der Waals surface area contributed by atoms with Crippen molar-refractivity contribution in [3.05, 3.63) is 47.7 Å². The van der Waals surface area contributed by atoms with Gasteiger partial charge in [0.25, 0.3) is 0 Å². The number of ether oxygens (including phenoxy) is 1. The first-order valence-electron chi connectivity index (χ1n) is 10.0. The number of rotatable bonds is 3. The lowest BCUT2D eigenvalue weighted by molar-refractivity contribution is -0.918. The normalized spacial score (nSPS) is 30.0. The van der Waals surface area contributed by atoms with E-state index in [2.05, 4.69) is 57.6 Å². The van der Waals surface area contributed by atoms with E-state index in [0.717, 1.165) is 13.0 Å². The molecule has 0 radical (unpaired) electrons. The Hall–Kier alpha value is -2.07. The maximum Gasteiger partial charge on any atom is 0.302 e. The number of allylic oxidation sites excluding steroid dienone is 1. The first-order valence-corrected chi connectivity index (χ1v) is 10.0. The summed E-state index contributed by atoms with van der Waals surface area (Å²) in [6, 6.07) is 6.95. The molecule has 4 rings (SSSR count). The van der Waals surface area contributed by atoms with Crippen LogP contribution >= 0.6 is 0 Å². The van der Waals surface area contributed by atoms with Crippen LogP contribution in [-0.4, -0.2) is 36.7 Å². The molecule has 2 aromatic rings. The summed E-state index contributed by atoms with van der Waals surface area (Å²) in [5, 5.41) is 1.34. The SMILES string of the molecule is C=CC(C)(C)c1[nH]c2cccc3c2c1C[C@@H]1[C@@H]3[C@@H](OC(C)=O)[C@@H](C)C[NH+]1C. The highest BCUT2D eigenvalue weighted by Gasteiger charge is 2.50. The second-order valence-corrected chi connectivity index (χ2v) is 9.11. The Morgan fingerprint density at radius 2 is 2.15 bits per heavy atom. The molecule has 27 heavy (non-hydrogen) atoms. The number of nitrogens with one attached hydrogen (secondary N) is 2. The van der Waals surface area contributed by atoms with Crippen molar-refractivity contribution in [3.63, 3.8) is 0 Å². The lowest BCUT2D eigenvalue weighted by atomic mass is 9.69. The number of hydrogen-bond donors (Lipinski definition) is 2. The van der Waals surface area contributed by atoms with E-state index < -0.39 is 0 Å². The highest BCUT2D eigenvalue weighted by atomic mass is 16.5. The van der Waals surface area contributed by atoms with Crippen molar-refractivity contribution in [1.82, 2.24) is 4.98 Å². The molecule has 1 fully saturated rings. The number of piperidine rings is 1. The van der Waals surface area contributed by atoms with Crippen molar-refractivity contribution in [1.29, 1.82) is 0 Å². The summed E-state index contributed by atoms with van der Waals surface area (Å²) in [7, 11) is 2.29. The van der Waals surface area contributed by atoms with Crippen LogP contribution in [0.15, 0.2) is 30.9 Å². The van der Waals surface area contributed by atoms with Crippen LogP contribution in [0, 0.1) is 5.92 Å². The fraction of sp³-hybridized carbons (Fsp3) is 0.522. The van der Waals surface area contributed by atoms with E-state index in [-0.39, 0.29) is 23.4 Å². The van der Waals surface area contributed by atoms with E-state index in [0.29, 0.717) is 12.0 Å². The van der Waals surface area contributed by atoms with Crippen LogP contribution < -0.4 is 4.90 Å². The van der Waals surface area contributed by atoms with Crippen molar-refractivity contribution in [2.24, 2.45) is 5.92 Å². The van der Waals surface area contributed by atoms with Crippen LogP contribution in [0.5, 0.6) is 0 Å². The molecule has 2 aliphatic rings. The van der Waals surface area contributed by atoms with E-state index in [9.17, 15) is 4.79 Å². The maximum atomic E-state index is 11.8. The Labute approximate surface area is 161 Å². The molecule has 0 amide bonds. The van der Waals surface area contributed by atoms with Gasteiger partial charge in [-0.1, -0.05) is 39.0 Å². The van der Waals surface area contributed by atoms with E-state index >= 15 is 0 Å². The van der Waals surface area contributed by atoms with Gasteiger partial charge in [-0.25, -0.2) is 0 Å². The minimum absolute atomic E-state index is 0.0549. The molecule has 4 nitrogen and oxygen atoms in total. The molecule has 1 aromatic carbocycles. The average Bonchev–Trinajstić information content (AvgIpc) is 2.99. The molecule has 0 spiro atoms. The number of H-pyrrole nitrogens is 1. The molecule has 5 atom stereocenters. The number of likely N-dealkylation sites (tertiary alicyclic amines) is 1. The minimum atomic E-state index is -0.175. The maximum absolute atomic E-state index is 11.8. The van der Waals surface area contributed by atoms with Crippen LogP contribution in [0.1, 0.15) is 50.4 Å². The third-order valence-corrected chi connectivity index (χ3v) is 6.82. The Bertz CT molecular complexity index is 910. The fourth-order valence-corrected chi connectivity index (χ4v) is 5.44. The van der Waals surface area contributed by atoms with Crippen LogP contribution in [0.2, 0.25) is 0 Å². The van der Waals surface area contributed by atoms with E-state index in [1.807, 2.05) is 6.08 Å². The molecule has 2 N–H and O–H groups in total. The van der Waals surface area contributed by atoms with Crippen LogP contribution in [-0.2, 0) is 21.4 Å². The zero-order valence-corrected chi connectivity index (χ0v) is 17.1. The zero-order valence-electron chi connectivity index (χ0n) is 17.1. The number of benzene rings is 1. The molecule has 1 aromatic heterocycles. The summed E-state index contributed by atoms with van der Waals surface area (Å²) in [5.41, 5.74) is 5.10. The number of carbonyl (C=O) groups excluding carboxylic acids is 1. The zero-order chi connectivity index (χ0) is 19.5. The molecule has 1 unspecified atom stereocenters. The van der Waals surface area contributed by atoms with Crippen LogP contribution in [0.4, 0.5) is 0 Å². The second-order valence-electron chi connectivity index (χ2n) is 9.11. The van der Waals surface area contributed by atoms with Gasteiger partial charge in [-0.15, -0.1) is 6.58 Å². The number of aromatic nitrogens is 1. The lowest BCUT2D eigenvalue weighted by Crippen LogP contribution is -3.16. The third kappa shape index (κ3) is 2.73. The number of hydrogen-bond acceptors (Lipinski definition) is 2. The van der Waals surface area contributed by atoms with Crippen LogP contribution in [0.25, 0.3) is 10.9 Å². The summed E-state index contributed by atoms with van der Waals surface area (Å²) in [5.74, 6) is 0.407. The summed E-state index contributed by atoms with van der Waals surface area (Å²) in [6.45, 7) is 13.3. The van der Waals surface area contributed by atoms with Gasteiger partial charge in [-0.3, -0.25) is 4.79 Å². The van der Waals surface area contributed by atoms with Gasteiger partial charge in [0.1, 0.15) is 12.1 Å². The Morgan fingerprint density at radius 1 is 1.41 bits per heavy atom.